The highest BCUT2D eigenvalue weighted by Gasteiger charge is 2.14. The number of carbonyl (C=O) groups is 1. The largest absolute Gasteiger partial charge is 0.341 e. The molecule has 5 heteroatoms. The van der Waals surface area contributed by atoms with E-state index in [0.29, 0.717) is 5.69 Å². The molecule has 0 radical (unpaired) electrons. The average Bonchev–Trinajstić information content (AvgIpc) is 2.51. The van der Waals surface area contributed by atoms with Crippen LogP contribution >= 0.6 is 0 Å². The first-order valence-corrected chi connectivity index (χ1v) is 4.75. The summed E-state index contributed by atoms with van der Waals surface area (Å²) < 4.78 is 1.74. The molecule has 0 saturated carbocycles. The van der Waals surface area contributed by atoms with Gasteiger partial charge in [0, 0.05) is 30.1 Å². The summed E-state index contributed by atoms with van der Waals surface area (Å²) in [5.74, 6) is 0. The van der Waals surface area contributed by atoms with Crippen molar-refractivity contribution in [2.45, 2.75) is 6.92 Å². The molecule has 1 aromatic carbocycles. The average molecular weight is 218 g/mol. The van der Waals surface area contributed by atoms with Crippen LogP contribution in [0.15, 0.2) is 18.2 Å². The number of nitrogens with zero attached hydrogens (tertiary/aromatic N) is 2. The van der Waals surface area contributed by atoms with E-state index >= 15 is 0 Å². The molecule has 0 saturated heterocycles. The molecular formula is C11H10N2O3. The van der Waals surface area contributed by atoms with Crippen molar-refractivity contribution in [3.05, 3.63) is 39.6 Å². The van der Waals surface area contributed by atoms with E-state index in [1.165, 1.54) is 12.1 Å². The molecular weight excluding hydrogens is 208 g/mol. The fourth-order valence-electron chi connectivity index (χ4n) is 1.92. The topological polar surface area (TPSA) is 65.1 Å². The molecule has 2 rings (SSSR count). The van der Waals surface area contributed by atoms with Crippen LogP contribution in [0.25, 0.3) is 10.9 Å². The Morgan fingerprint density at radius 3 is 2.69 bits per heavy atom. The van der Waals surface area contributed by atoms with Crippen molar-refractivity contribution in [3.8, 4) is 0 Å². The van der Waals surface area contributed by atoms with Crippen LogP contribution in [-0.2, 0) is 7.05 Å². The van der Waals surface area contributed by atoms with E-state index in [-0.39, 0.29) is 5.69 Å². The third-order valence-corrected chi connectivity index (χ3v) is 2.81. The molecule has 0 aliphatic heterocycles. The lowest BCUT2D eigenvalue weighted by atomic mass is 10.1. The monoisotopic (exact) mass is 218 g/mol. The molecule has 16 heavy (non-hydrogen) atoms. The smallest absolute Gasteiger partial charge is 0.270 e. The number of non-ortho nitro benzene ring substituents is 1. The maximum absolute atomic E-state index is 10.9. The first-order valence-electron chi connectivity index (χ1n) is 4.75. The molecule has 2 aromatic rings. The number of carbonyl (C=O) groups excluding carboxylic acids is 1. The van der Waals surface area contributed by atoms with Crippen LogP contribution < -0.4 is 0 Å². The Labute approximate surface area is 91.4 Å². The fraction of sp³-hybridized carbons (Fsp3) is 0.182. The second-order valence-corrected chi connectivity index (χ2v) is 3.65. The predicted octanol–water partition coefficient (Wildman–Crippen LogP) is 2.21. The zero-order valence-corrected chi connectivity index (χ0v) is 8.93. The Kier molecular flexibility index (Phi) is 2.23. The zero-order valence-electron chi connectivity index (χ0n) is 8.93. The van der Waals surface area contributed by atoms with Crippen molar-refractivity contribution in [2.75, 3.05) is 0 Å². The van der Waals surface area contributed by atoms with Gasteiger partial charge in [0.25, 0.3) is 5.69 Å². The lowest BCUT2D eigenvalue weighted by Crippen LogP contribution is -1.94. The summed E-state index contributed by atoms with van der Waals surface area (Å²) in [6.45, 7) is 1.79. The number of fused-ring (bicyclic) bond motifs is 1. The van der Waals surface area contributed by atoms with E-state index in [9.17, 15) is 14.9 Å². The van der Waals surface area contributed by atoms with Gasteiger partial charge in [-0.15, -0.1) is 0 Å². The van der Waals surface area contributed by atoms with E-state index in [4.69, 9.17) is 0 Å². The van der Waals surface area contributed by atoms with Crippen molar-refractivity contribution in [3.63, 3.8) is 0 Å². The molecule has 0 amide bonds. The van der Waals surface area contributed by atoms with E-state index in [2.05, 4.69) is 0 Å². The zero-order chi connectivity index (χ0) is 11.9. The molecule has 1 aromatic heterocycles. The van der Waals surface area contributed by atoms with Gasteiger partial charge in [0.05, 0.1) is 10.6 Å². The molecule has 0 unspecified atom stereocenters. The van der Waals surface area contributed by atoms with Gasteiger partial charge in [-0.3, -0.25) is 14.9 Å². The third kappa shape index (κ3) is 1.29. The summed E-state index contributed by atoms with van der Waals surface area (Å²) in [4.78, 5) is 21.1. The van der Waals surface area contributed by atoms with Gasteiger partial charge < -0.3 is 4.57 Å². The molecule has 0 aliphatic rings. The van der Waals surface area contributed by atoms with E-state index in [0.717, 1.165) is 22.8 Å². The van der Waals surface area contributed by atoms with Crippen molar-refractivity contribution in [1.29, 1.82) is 0 Å². The first-order chi connectivity index (χ1) is 7.56. The molecule has 0 spiro atoms. The number of benzene rings is 1. The molecule has 0 aliphatic carbocycles. The maximum Gasteiger partial charge on any atom is 0.270 e. The van der Waals surface area contributed by atoms with Gasteiger partial charge in [0.15, 0.2) is 6.29 Å². The van der Waals surface area contributed by atoms with Gasteiger partial charge >= 0.3 is 0 Å². The van der Waals surface area contributed by atoms with E-state index in [1.807, 2.05) is 0 Å². The number of nitro benzene ring substituents is 1. The molecule has 0 atom stereocenters. The van der Waals surface area contributed by atoms with Crippen LogP contribution in [0.1, 0.15) is 16.1 Å². The van der Waals surface area contributed by atoms with Gasteiger partial charge in [-0.05, 0) is 18.6 Å². The first kappa shape index (κ1) is 10.4. The minimum Gasteiger partial charge on any atom is -0.341 e. The summed E-state index contributed by atoms with van der Waals surface area (Å²) in [5.41, 5.74) is 2.19. The van der Waals surface area contributed by atoms with Crippen molar-refractivity contribution in [1.82, 2.24) is 4.57 Å². The molecule has 5 nitrogen and oxygen atoms in total. The maximum atomic E-state index is 10.9. The number of aldehydes is 1. The quantitative estimate of drug-likeness (QED) is 0.441. The van der Waals surface area contributed by atoms with Crippen molar-refractivity contribution < 1.29 is 9.72 Å². The second kappa shape index (κ2) is 3.44. The van der Waals surface area contributed by atoms with Gasteiger partial charge in [-0.1, -0.05) is 0 Å². The van der Waals surface area contributed by atoms with Crippen LogP contribution in [0.4, 0.5) is 5.69 Å². The lowest BCUT2D eigenvalue weighted by Gasteiger charge is -1.97. The van der Waals surface area contributed by atoms with Crippen LogP contribution in [0.5, 0.6) is 0 Å². The van der Waals surface area contributed by atoms with Crippen LogP contribution in [0, 0.1) is 17.0 Å². The number of nitro groups is 1. The van der Waals surface area contributed by atoms with Gasteiger partial charge in [0.2, 0.25) is 0 Å². The highest BCUT2D eigenvalue weighted by atomic mass is 16.6. The third-order valence-electron chi connectivity index (χ3n) is 2.81. The molecule has 0 N–H and O–H groups in total. The Bertz CT molecular complexity index is 599. The summed E-state index contributed by atoms with van der Waals surface area (Å²) in [5, 5.41) is 11.4. The lowest BCUT2D eigenvalue weighted by molar-refractivity contribution is -0.384. The second-order valence-electron chi connectivity index (χ2n) is 3.65. The number of aryl methyl sites for hydroxylation is 2. The van der Waals surface area contributed by atoms with Crippen molar-refractivity contribution in [2.24, 2.45) is 7.05 Å². The predicted molar refractivity (Wildman–Crippen MR) is 59.7 cm³/mol. The van der Waals surface area contributed by atoms with Crippen molar-refractivity contribution >= 4 is 22.9 Å². The molecule has 1 heterocycles. The highest BCUT2D eigenvalue weighted by Crippen LogP contribution is 2.27. The standard InChI is InChI=1S/C11H10N2O3/c1-7-9-5-8(13(15)16)3-4-10(9)12(2)11(7)6-14/h3-6H,1-2H3. The van der Waals surface area contributed by atoms with E-state index in [1.54, 1.807) is 24.6 Å². The Balaban J connectivity index is 2.84. The molecule has 0 fully saturated rings. The van der Waals surface area contributed by atoms with E-state index < -0.39 is 4.92 Å². The van der Waals surface area contributed by atoms with Crippen LogP contribution in [-0.4, -0.2) is 15.8 Å². The van der Waals surface area contributed by atoms with Gasteiger partial charge in [-0.2, -0.15) is 0 Å². The minimum atomic E-state index is -0.438. The van der Waals surface area contributed by atoms with Gasteiger partial charge in [0.1, 0.15) is 0 Å². The Morgan fingerprint density at radius 1 is 1.44 bits per heavy atom. The van der Waals surface area contributed by atoms with Gasteiger partial charge in [-0.25, -0.2) is 0 Å². The number of aromatic nitrogens is 1. The SMILES string of the molecule is Cc1c(C=O)n(C)c2ccc([N+](=O)[O-])cc12. The Morgan fingerprint density at radius 2 is 2.12 bits per heavy atom. The Hall–Kier alpha value is -2.17. The number of rotatable bonds is 2. The molecule has 0 bridgehead atoms. The number of hydrogen-bond acceptors (Lipinski definition) is 3. The van der Waals surface area contributed by atoms with Crippen LogP contribution in [0.3, 0.4) is 0 Å². The summed E-state index contributed by atoms with van der Waals surface area (Å²) in [6.07, 6.45) is 0.765. The normalized spacial score (nSPS) is 10.6. The molecule has 82 valence electrons. The summed E-state index contributed by atoms with van der Waals surface area (Å²) in [6, 6.07) is 4.60. The fourth-order valence-corrected chi connectivity index (χ4v) is 1.92. The summed E-state index contributed by atoms with van der Waals surface area (Å²) >= 11 is 0. The minimum absolute atomic E-state index is 0.0404. The highest BCUT2D eigenvalue weighted by molar-refractivity contribution is 5.94. The number of hydrogen-bond donors (Lipinski definition) is 0. The van der Waals surface area contributed by atoms with Crippen LogP contribution in [0.2, 0.25) is 0 Å². The summed E-state index contributed by atoms with van der Waals surface area (Å²) in [7, 11) is 1.77.